The molecule has 5 rings (SSSR count). The topological polar surface area (TPSA) is 75.4 Å². The Balaban J connectivity index is 1.22. The van der Waals surface area contributed by atoms with Crippen LogP contribution in [0.25, 0.3) is 16.8 Å². The Hall–Kier alpha value is -3.81. The summed E-state index contributed by atoms with van der Waals surface area (Å²) >= 11 is 0. The van der Waals surface area contributed by atoms with E-state index < -0.39 is 0 Å². The molecule has 1 fully saturated rings. The number of nitrogens with one attached hydrogen (secondary N) is 1. The van der Waals surface area contributed by atoms with E-state index in [1.165, 1.54) is 12.1 Å². The first-order chi connectivity index (χ1) is 16.2. The second kappa shape index (κ2) is 9.36. The van der Waals surface area contributed by atoms with Crippen LogP contribution in [0.15, 0.2) is 67.1 Å². The summed E-state index contributed by atoms with van der Waals surface area (Å²) < 4.78 is 15.1. The summed E-state index contributed by atoms with van der Waals surface area (Å²) in [7, 11) is 0. The molecule has 4 heterocycles. The predicted molar refractivity (Wildman–Crippen MR) is 124 cm³/mol. The van der Waals surface area contributed by atoms with Crippen molar-refractivity contribution in [3.8, 4) is 11.3 Å². The van der Waals surface area contributed by atoms with Crippen LogP contribution in [0.5, 0.6) is 0 Å². The van der Waals surface area contributed by atoms with Crippen molar-refractivity contribution in [1.29, 1.82) is 0 Å². The Labute approximate surface area is 191 Å². The molecule has 0 radical (unpaired) electrons. The SMILES string of the molecule is O=C(NCCc1ccccn1)C1CCN(c2nccn3nc(-c4ccc(F)cc4)cc23)CC1. The number of carbonyl (C=O) groups excluding carboxylic acids is 1. The van der Waals surface area contributed by atoms with E-state index in [1.54, 1.807) is 29.0 Å². The molecule has 8 heteroatoms. The quantitative estimate of drug-likeness (QED) is 0.493. The number of carbonyl (C=O) groups is 1. The van der Waals surface area contributed by atoms with Crippen molar-refractivity contribution in [2.45, 2.75) is 19.3 Å². The number of hydrogen-bond donors (Lipinski definition) is 1. The molecule has 1 amide bonds. The van der Waals surface area contributed by atoms with Crippen LogP contribution in [0.2, 0.25) is 0 Å². The summed E-state index contributed by atoms with van der Waals surface area (Å²) in [5.41, 5.74) is 3.50. The number of halogens is 1. The summed E-state index contributed by atoms with van der Waals surface area (Å²) in [4.78, 5) is 23.7. The number of anilines is 1. The molecule has 0 spiro atoms. The summed E-state index contributed by atoms with van der Waals surface area (Å²) in [5, 5.41) is 7.68. The minimum atomic E-state index is -0.270. The highest BCUT2D eigenvalue weighted by molar-refractivity contribution is 5.79. The van der Waals surface area contributed by atoms with E-state index in [2.05, 4.69) is 25.3 Å². The molecule has 0 saturated carbocycles. The Bertz CT molecular complexity index is 1230. The summed E-state index contributed by atoms with van der Waals surface area (Å²) in [5.74, 6) is 0.699. The van der Waals surface area contributed by atoms with Crippen LogP contribution < -0.4 is 10.2 Å². The highest BCUT2D eigenvalue weighted by Crippen LogP contribution is 2.28. The Morgan fingerprint density at radius 3 is 2.64 bits per heavy atom. The highest BCUT2D eigenvalue weighted by atomic mass is 19.1. The van der Waals surface area contributed by atoms with Gasteiger partial charge in [-0.1, -0.05) is 6.07 Å². The first kappa shape index (κ1) is 21.1. The lowest BCUT2D eigenvalue weighted by Crippen LogP contribution is -2.41. The normalized spacial score (nSPS) is 14.5. The van der Waals surface area contributed by atoms with E-state index in [0.29, 0.717) is 6.54 Å². The third-order valence-electron chi connectivity index (χ3n) is 6.08. The second-order valence-electron chi connectivity index (χ2n) is 8.24. The number of amides is 1. The van der Waals surface area contributed by atoms with Gasteiger partial charge < -0.3 is 10.2 Å². The van der Waals surface area contributed by atoms with E-state index in [1.807, 2.05) is 30.5 Å². The average molecular weight is 445 g/mol. The molecular weight excluding hydrogens is 419 g/mol. The van der Waals surface area contributed by atoms with Crippen molar-refractivity contribution in [2.24, 2.45) is 5.92 Å². The van der Waals surface area contributed by atoms with E-state index in [4.69, 9.17) is 0 Å². The maximum absolute atomic E-state index is 13.3. The van der Waals surface area contributed by atoms with Crippen molar-refractivity contribution in [1.82, 2.24) is 24.9 Å². The van der Waals surface area contributed by atoms with Crippen LogP contribution in [-0.4, -0.2) is 45.1 Å². The first-order valence-electron chi connectivity index (χ1n) is 11.2. The van der Waals surface area contributed by atoms with Crippen molar-refractivity contribution >= 4 is 17.2 Å². The minimum Gasteiger partial charge on any atom is -0.355 e. The van der Waals surface area contributed by atoms with Gasteiger partial charge in [0.05, 0.1) is 5.69 Å². The van der Waals surface area contributed by atoms with Gasteiger partial charge in [0.2, 0.25) is 5.91 Å². The lowest BCUT2D eigenvalue weighted by molar-refractivity contribution is -0.125. The van der Waals surface area contributed by atoms with Crippen molar-refractivity contribution < 1.29 is 9.18 Å². The second-order valence-corrected chi connectivity index (χ2v) is 8.24. The molecule has 1 aliphatic rings. The molecule has 1 N–H and O–H groups in total. The fraction of sp³-hybridized carbons (Fsp3) is 0.280. The zero-order chi connectivity index (χ0) is 22.6. The fourth-order valence-corrected chi connectivity index (χ4v) is 4.27. The summed E-state index contributed by atoms with van der Waals surface area (Å²) in [6, 6.07) is 14.1. The number of benzene rings is 1. The molecule has 3 aromatic heterocycles. The number of rotatable bonds is 6. The molecular formula is C25H25FN6O. The Morgan fingerprint density at radius 2 is 1.88 bits per heavy atom. The predicted octanol–water partition coefficient (Wildman–Crippen LogP) is 3.51. The van der Waals surface area contributed by atoms with Crippen LogP contribution in [0, 0.1) is 11.7 Å². The molecule has 1 aromatic carbocycles. The van der Waals surface area contributed by atoms with Gasteiger partial charge in [-0.2, -0.15) is 5.10 Å². The molecule has 33 heavy (non-hydrogen) atoms. The molecule has 0 bridgehead atoms. The van der Waals surface area contributed by atoms with Crippen molar-refractivity contribution in [3.05, 3.63) is 78.6 Å². The van der Waals surface area contributed by atoms with Gasteiger partial charge >= 0.3 is 0 Å². The number of nitrogens with zero attached hydrogens (tertiary/aromatic N) is 5. The largest absolute Gasteiger partial charge is 0.355 e. The average Bonchev–Trinajstić information content (AvgIpc) is 3.30. The Morgan fingerprint density at radius 1 is 1.06 bits per heavy atom. The van der Waals surface area contributed by atoms with Crippen LogP contribution in [-0.2, 0) is 11.2 Å². The lowest BCUT2D eigenvalue weighted by atomic mass is 9.96. The van der Waals surface area contributed by atoms with Gasteiger partial charge in [0, 0.05) is 61.8 Å². The van der Waals surface area contributed by atoms with Crippen LogP contribution in [0.4, 0.5) is 10.2 Å². The standard InChI is InChI=1S/C25H25FN6O/c26-20-6-4-18(5-7-20)22-17-23-24(28-13-16-32(23)30-22)31-14-9-19(10-15-31)25(33)29-12-8-21-3-1-2-11-27-21/h1-7,11,13,16-17,19H,8-10,12,14-15H2,(H,29,33). The molecule has 7 nitrogen and oxygen atoms in total. The zero-order valence-corrected chi connectivity index (χ0v) is 18.2. The maximum Gasteiger partial charge on any atom is 0.223 e. The lowest BCUT2D eigenvalue weighted by Gasteiger charge is -2.32. The van der Waals surface area contributed by atoms with Gasteiger partial charge in [-0.15, -0.1) is 0 Å². The van der Waals surface area contributed by atoms with Gasteiger partial charge in [-0.3, -0.25) is 9.78 Å². The van der Waals surface area contributed by atoms with Crippen LogP contribution in [0.1, 0.15) is 18.5 Å². The minimum absolute atomic E-state index is 0.00408. The number of pyridine rings is 1. The summed E-state index contributed by atoms with van der Waals surface area (Å²) in [6.45, 7) is 2.10. The van der Waals surface area contributed by atoms with Crippen LogP contribution >= 0.6 is 0 Å². The monoisotopic (exact) mass is 444 g/mol. The van der Waals surface area contributed by atoms with E-state index >= 15 is 0 Å². The zero-order valence-electron chi connectivity index (χ0n) is 18.2. The first-order valence-corrected chi connectivity index (χ1v) is 11.2. The smallest absolute Gasteiger partial charge is 0.223 e. The summed E-state index contributed by atoms with van der Waals surface area (Å²) in [6.07, 6.45) is 7.60. The molecule has 4 aromatic rings. The number of hydrogen-bond acceptors (Lipinski definition) is 5. The number of piperidine rings is 1. The number of fused-ring (bicyclic) bond motifs is 1. The fourth-order valence-electron chi connectivity index (χ4n) is 4.27. The van der Waals surface area contributed by atoms with Gasteiger partial charge in [0.15, 0.2) is 5.82 Å². The van der Waals surface area contributed by atoms with Gasteiger partial charge in [-0.25, -0.2) is 13.9 Å². The molecule has 0 unspecified atom stereocenters. The van der Waals surface area contributed by atoms with E-state index in [-0.39, 0.29) is 17.6 Å². The maximum atomic E-state index is 13.3. The van der Waals surface area contributed by atoms with Gasteiger partial charge in [-0.05, 0) is 55.3 Å². The molecule has 1 aliphatic heterocycles. The van der Waals surface area contributed by atoms with E-state index in [0.717, 1.165) is 60.6 Å². The Kier molecular flexibility index (Phi) is 5.97. The van der Waals surface area contributed by atoms with Crippen molar-refractivity contribution in [3.63, 3.8) is 0 Å². The molecule has 0 atom stereocenters. The third-order valence-corrected chi connectivity index (χ3v) is 6.08. The third kappa shape index (κ3) is 4.69. The van der Waals surface area contributed by atoms with Gasteiger partial charge in [0.25, 0.3) is 0 Å². The van der Waals surface area contributed by atoms with Crippen molar-refractivity contribution in [2.75, 3.05) is 24.5 Å². The van der Waals surface area contributed by atoms with Crippen LogP contribution in [0.3, 0.4) is 0 Å². The highest BCUT2D eigenvalue weighted by Gasteiger charge is 2.26. The number of aromatic nitrogens is 4. The molecule has 1 saturated heterocycles. The molecule has 0 aliphatic carbocycles. The van der Waals surface area contributed by atoms with E-state index in [9.17, 15) is 9.18 Å². The van der Waals surface area contributed by atoms with Gasteiger partial charge in [0.1, 0.15) is 11.3 Å². The molecule has 168 valence electrons.